The number of methoxy groups -OCH3 is 2. The Hall–Kier alpha value is -3.28. The Morgan fingerprint density at radius 1 is 0.970 bits per heavy atom. The van der Waals surface area contributed by atoms with E-state index in [0.717, 1.165) is 42.6 Å². The number of carbonyl (C=O) groups excluding carboxylic acids is 2. The molecule has 3 unspecified atom stereocenters. The molecule has 2 heterocycles. The molecule has 1 fully saturated rings. The Labute approximate surface area is 194 Å². The molecular weight excluding hydrogens is 418 g/mol. The minimum absolute atomic E-state index is 0.0778. The predicted octanol–water partition coefficient (Wildman–Crippen LogP) is 4.24. The highest BCUT2D eigenvalue weighted by atomic mass is 16.5. The third-order valence-corrected chi connectivity index (χ3v) is 7.07. The van der Waals surface area contributed by atoms with Crippen molar-refractivity contribution in [1.29, 1.82) is 0 Å². The van der Waals surface area contributed by atoms with Crippen LogP contribution < -0.4 is 9.47 Å². The van der Waals surface area contributed by atoms with Gasteiger partial charge in [0.15, 0.2) is 11.5 Å². The number of hydrogen-bond acceptors (Lipinski definition) is 5. The van der Waals surface area contributed by atoms with Crippen LogP contribution in [0, 0.1) is 5.92 Å². The molecule has 0 aromatic heterocycles. The van der Waals surface area contributed by atoms with E-state index in [1.165, 1.54) is 0 Å². The van der Waals surface area contributed by atoms with Gasteiger partial charge in [0.25, 0.3) is 5.91 Å². The summed E-state index contributed by atoms with van der Waals surface area (Å²) in [6.45, 7) is 0.478. The minimum Gasteiger partial charge on any atom is -0.497 e. The van der Waals surface area contributed by atoms with Crippen molar-refractivity contribution in [1.82, 2.24) is 4.90 Å². The van der Waals surface area contributed by atoms with E-state index in [0.29, 0.717) is 24.3 Å². The highest BCUT2D eigenvalue weighted by molar-refractivity contribution is 6.11. The van der Waals surface area contributed by atoms with Crippen LogP contribution >= 0.6 is 0 Å². The van der Waals surface area contributed by atoms with Crippen molar-refractivity contribution in [3.63, 3.8) is 0 Å². The quantitative estimate of drug-likeness (QED) is 0.663. The first-order chi connectivity index (χ1) is 16.1. The molecule has 0 saturated heterocycles. The SMILES string of the molecule is COc1ccc(CCN2C(=O)C3=C(C(=O)C4CCCCC4O3)C2c2cccc(OC)c2)cc1. The van der Waals surface area contributed by atoms with Crippen molar-refractivity contribution < 1.29 is 23.8 Å². The minimum atomic E-state index is -0.462. The molecule has 6 nitrogen and oxygen atoms in total. The van der Waals surface area contributed by atoms with Crippen LogP contribution in [-0.2, 0) is 20.7 Å². The Morgan fingerprint density at radius 2 is 1.73 bits per heavy atom. The lowest BCUT2D eigenvalue weighted by atomic mass is 9.77. The number of nitrogens with zero attached hydrogens (tertiary/aromatic N) is 1. The number of Topliss-reactive ketones (excluding diaryl/α,β-unsaturated/α-hetero) is 1. The summed E-state index contributed by atoms with van der Waals surface area (Å²) in [4.78, 5) is 29.0. The predicted molar refractivity (Wildman–Crippen MR) is 123 cm³/mol. The van der Waals surface area contributed by atoms with Gasteiger partial charge in [0.05, 0.1) is 31.8 Å². The fourth-order valence-corrected chi connectivity index (χ4v) is 5.32. The van der Waals surface area contributed by atoms with Crippen LogP contribution in [0.3, 0.4) is 0 Å². The highest BCUT2D eigenvalue weighted by Crippen LogP contribution is 2.47. The van der Waals surface area contributed by atoms with Gasteiger partial charge in [-0.05, 0) is 61.1 Å². The monoisotopic (exact) mass is 447 g/mol. The zero-order valence-electron chi connectivity index (χ0n) is 19.1. The third kappa shape index (κ3) is 3.88. The van der Waals surface area contributed by atoms with Crippen molar-refractivity contribution >= 4 is 11.7 Å². The lowest BCUT2D eigenvalue weighted by molar-refractivity contribution is -0.135. The summed E-state index contributed by atoms with van der Waals surface area (Å²) >= 11 is 0. The second-order valence-electron chi connectivity index (χ2n) is 8.93. The standard InChI is InChI=1S/C27H29NO5/c1-31-19-12-10-17(11-13-19)14-15-28-24(18-6-5-7-20(16-18)32-2)23-25(29)21-8-3-4-9-22(21)33-26(23)27(28)30/h5-7,10-13,16,21-22,24H,3-4,8-9,14-15H2,1-2H3. The smallest absolute Gasteiger partial charge is 0.290 e. The summed E-state index contributed by atoms with van der Waals surface area (Å²) in [5.74, 6) is 1.48. The van der Waals surface area contributed by atoms with Gasteiger partial charge in [-0.15, -0.1) is 0 Å². The van der Waals surface area contributed by atoms with Gasteiger partial charge in [0, 0.05) is 6.54 Å². The van der Waals surface area contributed by atoms with Crippen molar-refractivity contribution in [2.24, 2.45) is 5.92 Å². The summed E-state index contributed by atoms with van der Waals surface area (Å²) < 4.78 is 16.9. The first-order valence-corrected chi connectivity index (χ1v) is 11.6. The van der Waals surface area contributed by atoms with E-state index in [1.807, 2.05) is 48.5 Å². The molecule has 1 saturated carbocycles. The van der Waals surface area contributed by atoms with Crippen LogP contribution in [0.1, 0.15) is 42.9 Å². The largest absolute Gasteiger partial charge is 0.497 e. The van der Waals surface area contributed by atoms with Gasteiger partial charge >= 0.3 is 0 Å². The summed E-state index contributed by atoms with van der Waals surface area (Å²) in [6, 6.07) is 15.0. The fourth-order valence-electron chi connectivity index (χ4n) is 5.32. The van der Waals surface area contributed by atoms with Crippen molar-refractivity contribution in [3.8, 4) is 11.5 Å². The molecule has 0 radical (unpaired) electrons. The normalized spacial score (nSPS) is 24.3. The number of amides is 1. The lowest BCUT2D eigenvalue weighted by Crippen LogP contribution is -2.39. The Morgan fingerprint density at radius 3 is 2.48 bits per heavy atom. The van der Waals surface area contributed by atoms with Gasteiger partial charge in [0.2, 0.25) is 0 Å². The van der Waals surface area contributed by atoms with Gasteiger partial charge in [-0.25, -0.2) is 0 Å². The van der Waals surface area contributed by atoms with Crippen molar-refractivity contribution in [3.05, 3.63) is 71.0 Å². The zero-order chi connectivity index (χ0) is 22.9. The van der Waals surface area contributed by atoms with E-state index >= 15 is 0 Å². The van der Waals surface area contributed by atoms with Crippen LogP contribution in [0.5, 0.6) is 11.5 Å². The molecule has 5 rings (SSSR count). The van der Waals surface area contributed by atoms with Crippen LogP contribution in [0.4, 0.5) is 0 Å². The first-order valence-electron chi connectivity index (χ1n) is 11.6. The van der Waals surface area contributed by atoms with Crippen LogP contribution in [0.25, 0.3) is 0 Å². The number of fused-ring (bicyclic) bond motifs is 1. The van der Waals surface area contributed by atoms with Gasteiger partial charge in [-0.3, -0.25) is 9.59 Å². The van der Waals surface area contributed by atoms with Crippen molar-refractivity contribution in [2.45, 2.75) is 44.2 Å². The number of ketones is 1. The van der Waals surface area contributed by atoms with Gasteiger partial charge in [0.1, 0.15) is 17.6 Å². The Kier molecular flexibility index (Phi) is 5.83. The van der Waals surface area contributed by atoms with Gasteiger partial charge < -0.3 is 19.1 Å². The number of ether oxygens (including phenoxy) is 3. The molecule has 0 spiro atoms. The molecule has 2 aliphatic heterocycles. The van der Waals surface area contributed by atoms with E-state index in [9.17, 15) is 9.59 Å². The molecule has 1 aliphatic carbocycles. The number of hydrogen-bond donors (Lipinski definition) is 0. The maximum atomic E-state index is 13.7. The van der Waals surface area contributed by atoms with Crippen LogP contribution in [0.2, 0.25) is 0 Å². The summed E-state index contributed by atoms with van der Waals surface area (Å²) in [5, 5.41) is 0. The molecule has 33 heavy (non-hydrogen) atoms. The number of rotatable bonds is 6. The van der Waals surface area contributed by atoms with Gasteiger partial charge in [-0.1, -0.05) is 30.7 Å². The van der Waals surface area contributed by atoms with E-state index in [4.69, 9.17) is 14.2 Å². The summed E-state index contributed by atoms with van der Waals surface area (Å²) in [6.07, 6.45) is 4.20. The molecule has 172 valence electrons. The van der Waals surface area contributed by atoms with E-state index < -0.39 is 6.04 Å². The molecule has 3 aliphatic rings. The molecule has 1 amide bonds. The molecule has 6 heteroatoms. The first kappa shape index (κ1) is 21.6. The van der Waals surface area contributed by atoms with Crippen LogP contribution in [0.15, 0.2) is 59.9 Å². The average Bonchev–Trinajstić information content (AvgIpc) is 3.15. The second-order valence-corrected chi connectivity index (χ2v) is 8.93. The van der Waals surface area contributed by atoms with E-state index in [1.54, 1.807) is 19.1 Å². The molecule has 2 aromatic carbocycles. The Bertz CT molecular complexity index is 1090. The third-order valence-electron chi connectivity index (χ3n) is 7.07. The van der Waals surface area contributed by atoms with Crippen LogP contribution in [-0.4, -0.2) is 43.5 Å². The summed E-state index contributed by atoms with van der Waals surface area (Å²) in [5.41, 5.74) is 2.48. The molecule has 2 aromatic rings. The maximum absolute atomic E-state index is 13.7. The zero-order valence-corrected chi connectivity index (χ0v) is 19.1. The Balaban J connectivity index is 1.49. The number of carbonyl (C=O) groups is 2. The van der Waals surface area contributed by atoms with E-state index in [2.05, 4.69) is 0 Å². The van der Waals surface area contributed by atoms with E-state index in [-0.39, 0.29) is 29.5 Å². The summed E-state index contributed by atoms with van der Waals surface area (Å²) in [7, 11) is 3.26. The lowest BCUT2D eigenvalue weighted by Gasteiger charge is -2.35. The van der Waals surface area contributed by atoms with Gasteiger partial charge in [-0.2, -0.15) is 0 Å². The maximum Gasteiger partial charge on any atom is 0.290 e. The van der Waals surface area contributed by atoms with Crippen molar-refractivity contribution in [2.75, 3.05) is 20.8 Å². The highest BCUT2D eigenvalue weighted by Gasteiger charge is 2.51. The topological polar surface area (TPSA) is 65.1 Å². The average molecular weight is 448 g/mol. The molecule has 0 bridgehead atoms. The molecular formula is C27H29NO5. The fraction of sp³-hybridized carbons (Fsp3) is 0.407. The molecule has 0 N–H and O–H groups in total. The molecule has 3 atom stereocenters. The number of benzene rings is 2. The second kappa shape index (κ2) is 8.93.